The summed E-state index contributed by atoms with van der Waals surface area (Å²) in [4.78, 5) is 7.26. The Hall–Kier alpha value is -1.17. The Balaban J connectivity index is 1.59. The van der Waals surface area contributed by atoms with Crippen molar-refractivity contribution in [3.8, 4) is 0 Å². The fraction of sp³-hybridized carbons (Fsp3) is 0.625. The first-order valence-corrected chi connectivity index (χ1v) is 7.72. The highest BCUT2D eigenvalue weighted by Gasteiger charge is 2.15. The summed E-state index contributed by atoms with van der Waals surface area (Å²) < 4.78 is 12.8. The van der Waals surface area contributed by atoms with Crippen LogP contribution in [0.25, 0.3) is 0 Å². The third-order valence-corrected chi connectivity index (χ3v) is 3.93. The number of likely N-dealkylation sites (N-methyl/N-ethyl adjacent to an activating group) is 1. The first-order chi connectivity index (χ1) is 10.1. The third kappa shape index (κ3) is 5.99. The molecule has 4 nitrogen and oxygen atoms in total. The zero-order valence-electron chi connectivity index (χ0n) is 13.2. The lowest BCUT2D eigenvalue weighted by atomic mass is 10.3. The molecule has 0 aromatic heterocycles. The van der Waals surface area contributed by atoms with Crippen LogP contribution in [-0.4, -0.2) is 81.2 Å². The molecule has 0 spiro atoms. The van der Waals surface area contributed by atoms with Crippen molar-refractivity contribution in [3.63, 3.8) is 0 Å². The Kier molecular flexibility index (Phi) is 6.42. The van der Waals surface area contributed by atoms with Crippen LogP contribution in [0.4, 0.5) is 10.1 Å². The molecule has 1 N–H and O–H groups in total. The van der Waals surface area contributed by atoms with Crippen molar-refractivity contribution < 1.29 is 4.39 Å². The van der Waals surface area contributed by atoms with Crippen LogP contribution in [0.3, 0.4) is 0 Å². The number of hydrogen-bond acceptors (Lipinski definition) is 4. The number of rotatable bonds is 7. The van der Waals surface area contributed by atoms with Crippen LogP contribution in [0.15, 0.2) is 24.3 Å². The van der Waals surface area contributed by atoms with Crippen LogP contribution in [0, 0.1) is 5.82 Å². The molecule has 0 radical (unpaired) electrons. The second kappa shape index (κ2) is 8.32. The van der Waals surface area contributed by atoms with Crippen molar-refractivity contribution in [2.45, 2.75) is 0 Å². The molecule has 118 valence electrons. The van der Waals surface area contributed by atoms with E-state index in [1.807, 2.05) is 0 Å². The van der Waals surface area contributed by atoms with Crippen LogP contribution in [0.5, 0.6) is 0 Å². The maximum atomic E-state index is 12.8. The van der Waals surface area contributed by atoms with Gasteiger partial charge in [-0.15, -0.1) is 0 Å². The Morgan fingerprint density at radius 2 is 1.57 bits per heavy atom. The molecule has 1 aromatic rings. The Labute approximate surface area is 127 Å². The summed E-state index contributed by atoms with van der Waals surface area (Å²) in [5.41, 5.74) is 0.987. The molecule has 1 heterocycles. The van der Waals surface area contributed by atoms with Crippen molar-refractivity contribution in [1.29, 1.82) is 0 Å². The molecule has 0 atom stereocenters. The monoisotopic (exact) mass is 294 g/mol. The minimum absolute atomic E-state index is 0.186. The molecule has 0 bridgehead atoms. The largest absolute Gasteiger partial charge is 0.384 e. The van der Waals surface area contributed by atoms with E-state index in [0.29, 0.717) is 0 Å². The number of anilines is 1. The average molecular weight is 294 g/mol. The number of nitrogens with one attached hydrogen (secondary N) is 1. The van der Waals surface area contributed by atoms with Gasteiger partial charge in [0.2, 0.25) is 0 Å². The van der Waals surface area contributed by atoms with Gasteiger partial charge >= 0.3 is 0 Å². The first-order valence-electron chi connectivity index (χ1n) is 7.72. The van der Waals surface area contributed by atoms with Crippen LogP contribution in [0.1, 0.15) is 0 Å². The molecule has 0 amide bonds. The van der Waals surface area contributed by atoms with E-state index in [1.54, 1.807) is 12.1 Å². The second-order valence-electron chi connectivity index (χ2n) is 5.92. The van der Waals surface area contributed by atoms with Gasteiger partial charge in [0.25, 0.3) is 0 Å². The number of benzene rings is 1. The smallest absolute Gasteiger partial charge is 0.123 e. The van der Waals surface area contributed by atoms with Crippen molar-refractivity contribution in [2.75, 3.05) is 71.8 Å². The molecular weight excluding hydrogens is 267 g/mol. The topological polar surface area (TPSA) is 21.8 Å². The molecule has 0 unspecified atom stereocenters. The summed E-state index contributed by atoms with van der Waals surface area (Å²) >= 11 is 0. The molecular formula is C16H27FN4. The molecule has 5 heteroatoms. The molecule has 1 aliphatic rings. The normalized spacial score (nSPS) is 17.3. The van der Waals surface area contributed by atoms with E-state index in [9.17, 15) is 4.39 Å². The van der Waals surface area contributed by atoms with E-state index in [-0.39, 0.29) is 5.82 Å². The fourth-order valence-corrected chi connectivity index (χ4v) is 2.50. The van der Waals surface area contributed by atoms with Gasteiger partial charge in [-0.2, -0.15) is 0 Å². The lowest BCUT2D eigenvalue weighted by molar-refractivity contribution is 0.128. The van der Waals surface area contributed by atoms with Gasteiger partial charge in [0.1, 0.15) is 5.82 Å². The van der Waals surface area contributed by atoms with Gasteiger partial charge < -0.3 is 10.2 Å². The molecule has 0 aliphatic carbocycles. The number of hydrogen-bond donors (Lipinski definition) is 1. The molecule has 2 rings (SSSR count). The summed E-state index contributed by atoms with van der Waals surface area (Å²) in [6, 6.07) is 6.56. The van der Waals surface area contributed by atoms with Gasteiger partial charge in [0, 0.05) is 58.0 Å². The Bertz CT molecular complexity index is 399. The quantitative estimate of drug-likeness (QED) is 0.821. The number of piperazine rings is 1. The highest BCUT2D eigenvalue weighted by atomic mass is 19.1. The summed E-state index contributed by atoms with van der Waals surface area (Å²) in [7, 11) is 4.24. The minimum atomic E-state index is -0.186. The van der Waals surface area contributed by atoms with Gasteiger partial charge in [-0.1, -0.05) is 0 Å². The average Bonchev–Trinajstić information content (AvgIpc) is 2.48. The zero-order chi connectivity index (χ0) is 15.1. The Morgan fingerprint density at radius 1 is 1.00 bits per heavy atom. The molecule has 21 heavy (non-hydrogen) atoms. The van der Waals surface area contributed by atoms with Crippen LogP contribution in [-0.2, 0) is 0 Å². The van der Waals surface area contributed by atoms with Crippen molar-refractivity contribution in [1.82, 2.24) is 14.7 Å². The van der Waals surface area contributed by atoms with Crippen molar-refractivity contribution in [2.24, 2.45) is 0 Å². The first kappa shape index (κ1) is 16.2. The zero-order valence-corrected chi connectivity index (χ0v) is 13.2. The maximum Gasteiger partial charge on any atom is 0.123 e. The van der Waals surface area contributed by atoms with Gasteiger partial charge in [-0.25, -0.2) is 4.39 Å². The summed E-state index contributed by atoms with van der Waals surface area (Å²) in [6.45, 7) is 8.83. The molecule has 1 saturated heterocycles. The summed E-state index contributed by atoms with van der Waals surface area (Å²) in [6.07, 6.45) is 0. The number of nitrogens with zero attached hydrogens (tertiary/aromatic N) is 3. The number of halogens is 1. The highest BCUT2D eigenvalue weighted by Crippen LogP contribution is 2.08. The second-order valence-corrected chi connectivity index (χ2v) is 5.92. The van der Waals surface area contributed by atoms with Gasteiger partial charge in [0.05, 0.1) is 0 Å². The summed E-state index contributed by atoms with van der Waals surface area (Å²) in [5, 5.41) is 3.34. The van der Waals surface area contributed by atoms with Gasteiger partial charge in [0.15, 0.2) is 0 Å². The molecule has 1 aliphatic heterocycles. The standard InChI is InChI=1S/C16H27FN4/c1-19(2)9-10-21-13-11-20(12-14-21)8-7-18-16-5-3-15(17)4-6-16/h3-6,18H,7-14H2,1-2H3. The van der Waals surface area contributed by atoms with E-state index >= 15 is 0 Å². The fourth-order valence-electron chi connectivity index (χ4n) is 2.50. The van der Waals surface area contributed by atoms with Crippen LogP contribution < -0.4 is 5.32 Å². The van der Waals surface area contributed by atoms with E-state index < -0.39 is 0 Å². The van der Waals surface area contributed by atoms with E-state index in [1.165, 1.54) is 12.1 Å². The van der Waals surface area contributed by atoms with Gasteiger partial charge in [-0.05, 0) is 38.4 Å². The lowest BCUT2D eigenvalue weighted by Crippen LogP contribution is -2.48. The van der Waals surface area contributed by atoms with Crippen molar-refractivity contribution in [3.05, 3.63) is 30.1 Å². The Morgan fingerprint density at radius 3 is 2.14 bits per heavy atom. The van der Waals surface area contributed by atoms with E-state index in [2.05, 4.69) is 34.1 Å². The molecule has 1 aromatic carbocycles. The highest BCUT2D eigenvalue weighted by molar-refractivity contribution is 5.42. The molecule has 1 fully saturated rings. The predicted octanol–water partition coefficient (Wildman–Crippen LogP) is 1.42. The predicted molar refractivity (Wildman–Crippen MR) is 86.3 cm³/mol. The minimum Gasteiger partial charge on any atom is -0.384 e. The van der Waals surface area contributed by atoms with E-state index in [0.717, 1.165) is 58.0 Å². The third-order valence-electron chi connectivity index (χ3n) is 3.93. The van der Waals surface area contributed by atoms with E-state index in [4.69, 9.17) is 0 Å². The lowest BCUT2D eigenvalue weighted by Gasteiger charge is -2.35. The van der Waals surface area contributed by atoms with Gasteiger partial charge in [-0.3, -0.25) is 9.80 Å². The SMILES string of the molecule is CN(C)CCN1CCN(CCNc2ccc(F)cc2)CC1. The van der Waals surface area contributed by atoms with Crippen LogP contribution in [0.2, 0.25) is 0 Å². The van der Waals surface area contributed by atoms with Crippen LogP contribution >= 0.6 is 0 Å². The van der Waals surface area contributed by atoms with Crippen molar-refractivity contribution >= 4 is 5.69 Å². The molecule has 0 saturated carbocycles. The summed E-state index contributed by atoms with van der Waals surface area (Å²) in [5.74, 6) is -0.186. The maximum absolute atomic E-state index is 12.8.